The first-order valence-corrected chi connectivity index (χ1v) is 0.928. The summed E-state index contributed by atoms with van der Waals surface area (Å²) in [7, 11) is 0. The van der Waals surface area contributed by atoms with Crippen LogP contribution in [0.4, 0.5) is 0 Å². The first-order valence-electron chi connectivity index (χ1n) is 0.928. The van der Waals surface area contributed by atoms with Crippen LogP contribution in [-0.2, 0) is 4.79 Å². The van der Waals surface area contributed by atoms with E-state index in [9.17, 15) is 0 Å². The molecule has 1 N–H and O–H groups in total. The molecule has 40 valence electrons. The fourth-order valence-electron chi connectivity index (χ4n) is 0. The molecule has 0 saturated heterocycles. The van der Waals surface area contributed by atoms with Gasteiger partial charge < -0.3 is 29.9 Å². The van der Waals surface area contributed by atoms with Crippen LogP contribution in [0.2, 0.25) is 0 Å². The van der Waals surface area contributed by atoms with Gasteiger partial charge in [-0.2, -0.15) is 0 Å². The minimum Gasteiger partial charge on any atom is -1.00 e. The van der Waals surface area contributed by atoms with Crippen molar-refractivity contribution in [1.29, 1.82) is 0 Å². The van der Waals surface area contributed by atoms with Gasteiger partial charge in [0.05, 0.1) is 0 Å². The molecule has 0 saturated carbocycles. The summed E-state index contributed by atoms with van der Waals surface area (Å²) in [4.78, 5) is 9.00. The summed E-state index contributed by atoms with van der Waals surface area (Å²) in [6.07, 6.45) is 0. The topological polar surface area (TPSA) is 37.3 Å². The van der Waals surface area contributed by atoms with Gasteiger partial charge >= 0.3 is 2.85 Å². The summed E-state index contributed by atoms with van der Waals surface area (Å²) in [6, 6.07) is 0. The maximum absolute atomic E-state index is 9.00. The average Bonchev–Trinajstić information content (AvgIpc) is 0.811. The number of hydrogen-bond donors (Lipinski definition) is 1. The SMILES string of the molecule is CC(=O)O.[Cl-].[Cl-].[H+].[H+]. The minimum atomic E-state index is -0.833. The zero-order valence-electron chi connectivity index (χ0n) is 5.11. The lowest BCUT2D eigenvalue weighted by Gasteiger charge is -1.59. The van der Waals surface area contributed by atoms with Gasteiger partial charge in [0.15, 0.2) is 0 Å². The Morgan fingerprint density at radius 2 is 1.67 bits per heavy atom. The van der Waals surface area contributed by atoms with Crippen molar-refractivity contribution in [2.75, 3.05) is 0 Å². The van der Waals surface area contributed by atoms with Crippen LogP contribution in [0.1, 0.15) is 9.78 Å². The van der Waals surface area contributed by atoms with Crippen LogP contribution < -0.4 is 24.8 Å². The standard InChI is InChI=1S/C2H4O2.2ClH/c1-2(3)4;;/h1H3,(H,3,4);2*1H. The van der Waals surface area contributed by atoms with Crippen molar-refractivity contribution >= 4 is 5.97 Å². The molecule has 0 aromatic carbocycles. The van der Waals surface area contributed by atoms with Crippen LogP contribution in [0.3, 0.4) is 0 Å². The first-order chi connectivity index (χ1) is 1.73. The summed E-state index contributed by atoms with van der Waals surface area (Å²) in [5, 5.41) is 7.42. The molecule has 0 spiro atoms. The molecular weight excluding hydrogens is 127 g/mol. The van der Waals surface area contributed by atoms with E-state index in [1.165, 1.54) is 0 Å². The normalized spacial score (nSPS) is 4.17. The van der Waals surface area contributed by atoms with E-state index in [1.807, 2.05) is 0 Å². The summed E-state index contributed by atoms with van der Waals surface area (Å²) >= 11 is 0. The second-order valence-corrected chi connectivity index (χ2v) is 0.519. The maximum atomic E-state index is 9.00. The highest BCUT2D eigenvalue weighted by Gasteiger charge is 1.65. The van der Waals surface area contributed by atoms with Crippen molar-refractivity contribution in [3.63, 3.8) is 0 Å². The summed E-state index contributed by atoms with van der Waals surface area (Å²) in [5.74, 6) is -0.833. The van der Waals surface area contributed by atoms with Crippen LogP contribution in [-0.4, -0.2) is 11.1 Å². The first kappa shape index (κ1) is 16.6. The quantitative estimate of drug-likeness (QED) is 0.357. The average molecular weight is 133 g/mol. The molecular formula is C2H6Cl2O2. The van der Waals surface area contributed by atoms with E-state index in [1.54, 1.807) is 0 Å². The van der Waals surface area contributed by atoms with Gasteiger partial charge in [0, 0.05) is 6.92 Å². The third-order valence-corrected chi connectivity index (χ3v) is 0. The largest absolute Gasteiger partial charge is 1.00 e. The third-order valence-electron chi connectivity index (χ3n) is 0. The van der Waals surface area contributed by atoms with E-state index in [-0.39, 0.29) is 27.7 Å². The Hall–Kier alpha value is 0.0500. The van der Waals surface area contributed by atoms with Crippen LogP contribution >= 0.6 is 0 Å². The Labute approximate surface area is 51.3 Å². The van der Waals surface area contributed by atoms with Gasteiger partial charge in [0.2, 0.25) is 0 Å². The van der Waals surface area contributed by atoms with Crippen molar-refractivity contribution in [2.45, 2.75) is 6.92 Å². The van der Waals surface area contributed by atoms with Gasteiger partial charge in [0.1, 0.15) is 0 Å². The molecule has 0 aliphatic carbocycles. The van der Waals surface area contributed by atoms with Gasteiger partial charge in [0.25, 0.3) is 5.97 Å². The number of rotatable bonds is 0. The number of aliphatic carboxylic acids is 1. The minimum absolute atomic E-state index is 0. The number of carbonyl (C=O) groups is 1. The van der Waals surface area contributed by atoms with Gasteiger partial charge in [-0.05, 0) is 0 Å². The second-order valence-electron chi connectivity index (χ2n) is 0.519. The molecule has 0 aromatic rings. The number of carboxylic acids is 1. The molecule has 0 heterocycles. The van der Waals surface area contributed by atoms with E-state index in [2.05, 4.69) is 0 Å². The van der Waals surface area contributed by atoms with Gasteiger partial charge in [-0.1, -0.05) is 0 Å². The molecule has 2 nitrogen and oxygen atoms in total. The molecule has 0 radical (unpaired) electrons. The van der Waals surface area contributed by atoms with Crippen molar-refractivity contribution in [1.82, 2.24) is 0 Å². The lowest BCUT2D eigenvalue weighted by Crippen LogP contribution is -3.00. The van der Waals surface area contributed by atoms with E-state index >= 15 is 0 Å². The Bertz CT molecular complexity index is 39.0. The number of halogens is 2. The van der Waals surface area contributed by atoms with E-state index in [4.69, 9.17) is 9.90 Å². The maximum Gasteiger partial charge on any atom is 1.00 e. The van der Waals surface area contributed by atoms with Crippen molar-refractivity contribution in [3.8, 4) is 0 Å². The van der Waals surface area contributed by atoms with E-state index < -0.39 is 5.97 Å². The molecule has 0 bridgehead atoms. The highest BCUT2D eigenvalue weighted by molar-refractivity contribution is 5.62. The molecule has 0 unspecified atom stereocenters. The summed E-state index contributed by atoms with van der Waals surface area (Å²) < 4.78 is 0. The molecule has 0 atom stereocenters. The second kappa shape index (κ2) is 8.90. The molecule has 0 fully saturated rings. The predicted molar refractivity (Wildman–Crippen MR) is 15.5 cm³/mol. The zero-order chi connectivity index (χ0) is 3.58. The molecule has 0 aliphatic heterocycles. The number of carboxylic acid groups (broad SMARTS) is 1. The fourth-order valence-corrected chi connectivity index (χ4v) is 0. The van der Waals surface area contributed by atoms with Gasteiger partial charge in [-0.25, -0.2) is 0 Å². The monoisotopic (exact) mass is 132 g/mol. The highest BCUT2D eigenvalue weighted by Crippen LogP contribution is 1.42. The molecule has 4 heteroatoms. The van der Waals surface area contributed by atoms with Crippen LogP contribution in [0.5, 0.6) is 0 Å². The Kier molecular flexibility index (Phi) is 24.6. The molecule has 0 amide bonds. The Balaban J connectivity index is -0.00000000750. The van der Waals surface area contributed by atoms with Crippen molar-refractivity contribution in [3.05, 3.63) is 0 Å². The van der Waals surface area contributed by atoms with Crippen LogP contribution in [0.25, 0.3) is 0 Å². The molecule has 0 aliphatic rings. The van der Waals surface area contributed by atoms with E-state index in [0.29, 0.717) is 0 Å². The predicted octanol–water partition coefficient (Wildman–Crippen LogP) is -5.68. The summed E-state index contributed by atoms with van der Waals surface area (Å²) in [5.41, 5.74) is 0. The third kappa shape index (κ3) is 15100. The molecule has 0 aromatic heterocycles. The van der Waals surface area contributed by atoms with E-state index in [0.717, 1.165) is 6.92 Å². The Morgan fingerprint density at radius 3 is 1.67 bits per heavy atom. The zero-order valence-corrected chi connectivity index (χ0v) is 4.62. The van der Waals surface area contributed by atoms with Crippen LogP contribution in [0, 0.1) is 0 Å². The molecule has 6 heavy (non-hydrogen) atoms. The lowest BCUT2D eigenvalue weighted by atomic mass is 10.9. The van der Waals surface area contributed by atoms with Gasteiger partial charge in [-0.3, -0.25) is 4.79 Å². The van der Waals surface area contributed by atoms with Gasteiger partial charge in [-0.15, -0.1) is 0 Å². The smallest absolute Gasteiger partial charge is 1.00 e. The van der Waals surface area contributed by atoms with Crippen molar-refractivity contribution < 1.29 is 37.6 Å². The van der Waals surface area contributed by atoms with Crippen LogP contribution in [0.15, 0.2) is 0 Å². The molecule has 0 rings (SSSR count). The Morgan fingerprint density at radius 1 is 1.67 bits per heavy atom. The number of hydrogen-bond acceptors (Lipinski definition) is 1. The van der Waals surface area contributed by atoms with Crippen molar-refractivity contribution in [2.24, 2.45) is 0 Å². The highest BCUT2D eigenvalue weighted by atomic mass is 35.5. The lowest BCUT2D eigenvalue weighted by molar-refractivity contribution is -0.134. The summed E-state index contributed by atoms with van der Waals surface area (Å²) in [6.45, 7) is 1.08. The fraction of sp³-hybridized carbons (Fsp3) is 0.500.